The minimum absolute atomic E-state index is 0.0271. The molecule has 0 aliphatic rings. The molecule has 260 valence electrons. The van der Waals surface area contributed by atoms with E-state index in [0.29, 0.717) is 22.5 Å². The van der Waals surface area contributed by atoms with Crippen molar-refractivity contribution >= 4 is 52.0 Å². The highest BCUT2D eigenvalue weighted by Crippen LogP contribution is 2.27. The standard InChI is InChI=1S/C23H25N3OS.C19H18N2OS/c1-5-26(4)15-24-20-12-16(2)19(11-17(20)3)13-22-25-21(14-28-22)23(27)18-9-7-6-8-10-18;1-12-9-16(20)13(2)8-15(12)10-18-21-17(11-23-18)19(22)14-6-4-3-5-7-14/h6-12,14-15H,5,13H2,1-4H3;3-9,11H,10,20H2,1-2H3. The summed E-state index contributed by atoms with van der Waals surface area (Å²) in [7, 11) is 2.01. The molecular weight excluding hydrogens is 671 g/mol. The van der Waals surface area contributed by atoms with Gasteiger partial charge in [0.15, 0.2) is 0 Å². The second-order valence-corrected chi connectivity index (χ2v) is 14.4. The van der Waals surface area contributed by atoms with Crippen LogP contribution in [-0.2, 0) is 12.8 Å². The third kappa shape index (κ3) is 9.72. The Morgan fingerprint density at radius 2 is 1.18 bits per heavy atom. The van der Waals surface area contributed by atoms with Gasteiger partial charge in [0.25, 0.3) is 0 Å². The van der Waals surface area contributed by atoms with Gasteiger partial charge in [-0.3, -0.25) is 9.59 Å². The van der Waals surface area contributed by atoms with Crippen molar-refractivity contribution in [3.05, 3.63) is 162 Å². The number of hydrogen-bond acceptors (Lipinski definition) is 8. The van der Waals surface area contributed by atoms with E-state index in [0.717, 1.165) is 57.5 Å². The first-order valence-corrected chi connectivity index (χ1v) is 18.6. The zero-order chi connectivity index (χ0) is 36.5. The molecule has 9 heteroatoms. The lowest BCUT2D eigenvalue weighted by molar-refractivity contribution is 0.102. The molecule has 7 nitrogen and oxygen atoms in total. The van der Waals surface area contributed by atoms with Crippen molar-refractivity contribution in [3.8, 4) is 0 Å². The Morgan fingerprint density at radius 3 is 1.67 bits per heavy atom. The molecule has 0 amide bonds. The molecule has 6 rings (SSSR count). The van der Waals surface area contributed by atoms with E-state index in [4.69, 9.17) is 5.73 Å². The Kier molecular flexibility index (Phi) is 12.4. The predicted octanol–water partition coefficient (Wildman–Crippen LogP) is 9.36. The zero-order valence-electron chi connectivity index (χ0n) is 29.9. The number of nitrogen functional groups attached to an aromatic ring is 1. The molecule has 2 heterocycles. The van der Waals surface area contributed by atoms with Crippen LogP contribution in [0.4, 0.5) is 11.4 Å². The molecule has 0 fully saturated rings. The van der Waals surface area contributed by atoms with Gasteiger partial charge in [0, 0.05) is 54.0 Å². The Morgan fingerprint density at radius 1 is 0.706 bits per heavy atom. The summed E-state index contributed by atoms with van der Waals surface area (Å²) in [5, 5.41) is 5.58. The molecule has 6 aromatic rings. The minimum Gasteiger partial charge on any atom is -0.399 e. The van der Waals surface area contributed by atoms with Crippen LogP contribution in [0.1, 0.15) is 82.4 Å². The third-order valence-electron chi connectivity index (χ3n) is 8.60. The highest BCUT2D eigenvalue weighted by atomic mass is 32.1. The molecule has 0 bridgehead atoms. The van der Waals surface area contributed by atoms with Gasteiger partial charge in [0.1, 0.15) is 11.4 Å². The van der Waals surface area contributed by atoms with Gasteiger partial charge in [0.2, 0.25) is 11.6 Å². The van der Waals surface area contributed by atoms with Crippen LogP contribution in [0.3, 0.4) is 0 Å². The Labute approximate surface area is 308 Å². The van der Waals surface area contributed by atoms with Crippen LogP contribution in [0.5, 0.6) is 0 Å². The maximum atomic E-state index is 12.6. The number of aliphatic imine (C=N–C) groups is 1. The number of benzene rings is 4. The quantitative estimate of drug-likeness (QED) is 0.0622. The van der Waals surface area contributed by atoms with Crippen LogP contribution in [0, 0.1) is 27.7 Å². The number of rotatable bonds is 11. The first-order valence-electron chi connectivity index (χ1n) is 16.8. The van der Waals surface area contributed by atoms with Crippen LogP contribution in [-0.4, -0.2) is 46.4 Å². The van der Waals surface area contributed by atoms with E-state index >= 15 is 0 Å². The van der Waals surface area contributed by atoms with Gasteiger partial charge < -0.3 is 10.6 Å². The number of carbonyl (C=O) groups is 2. The predicted molar refractivity (Wildman–Crippen MR) is 212 cm³/mol. The zero-order valence-corrected chi connectivity index (χ0v) is 31.6. The van der Waals surface area contributed by atoms with Crippen LogP contribution in [0.25, 0.3) is 0 Å². The Bertz CT molecular complexity index is 2150. The number of aryl methyl sites for hydroxylation is 4. The van der Waals surface area contributed by atoms with Crippen LogP contribution < -0.4 is 5.73 Å². The number of hydrogen-bond donors (Lipinski definition) is 1. The molecule has 0 aliphatic heterocycles. The molecule has 0 atom stereocenters. The fourth-order valence-electron chi connectivity index (χ4n) is 5.31. The third-order valence-corrected chi connectivity index (χ3v) is 10.3. The first kappa shape index (κ1) is 37.0. The molecule has 2 N–H and O–H groups in total. The molecule has 0 radical (unpaired) electrons. The van der Waals surface area contributed by atoms with Gasteiger partial charge in [0.05, 0.1) is 22.0 Å². The van der Waals surface area contributed by atoms with Crippen molar-refractivity contribution in [1.82, 2.24) is 14.9 Å². The second-order valence-electron chi connectivity index (χ2n) is 12.5. The molecule has 0 spiro atoms. The second kappa shape index (κ2) is 17.1. The number of carbonyl (C=O) groups excluding carboxylic acids is 2. The van der Waals surface area contributed by atoms with E-state index in [2.05, 4.69) is 60.9 Å². The van der Waals surface area contributed by atoms with E-state index in [-0.39, 0.29) is 11.6 Å². The van der Waals surface area contributed by atoms with Gasteiger partial charge >= 0.3 is 0 Å². The van der Waals surface area contributed by atoms with E-state index in [9.17, 15) is 9.59 Å². The number of nitrogens with two attached hydrogens (primary N) is 1. The maximum Gasteiger partial charge on any atom is 0.212 e. The van der Waals surface area contributed by atoms with Crippen molar-refractivity contribution in [2.75, 3.05) is 19.3 Å². The van der Waals surface area contributed by atoms with Crippen molar-refractivity contribution in [3.63, 3.8) is 0 Å². The molecule has 2 aromatic heterocycles. The van der Waals surface area contributed by atoms with Gasteiger partial charge in [-0.25, -0.2) is 15.0 Å². The van der Waals surface area contributed by atoms with Gasteiger partial charge in [-0.2, -0.15) is 0 Å². The molecule has 0 aliphatic carbocycles. The van der Waals surface area contributed by atoms with Gasteiger partial charge in [-0.15, -0.1) is 22.7 Å². The summed E-state index contributed by atoms with van der Waals surface area (Å²) in [5.74, 6) is -0.0564. The summed E-state index contributed by atoms with van der Waals surface area (Å²) in [6.07, 6.45) is 3.31. The van der Waals surface area contributed by atoms with Crippen molar-refractivity contribution < 1.29 is 9.59 Å². The average Bonchev–Trinajstić information content (AvgIpc) is 3.82. The van der Waals surface area contributed by atoms with E-state index in [1.54, 1.807) is 0 Å². The average molecular weight is 714 g/mol. The normalized spacial score (nSPS) is 10.9. The SMILES string of the molecule is CCN(C)C=Nc1cc(C)c(Cc2nc(C(=O)c3ccccc3)cs2)cc1C.Cc1cc(Cc2nc(C(=O)c3ccccc3)cs2)c(C)cc1N. The lowest BCUT2D eigenvalue weighted by atomic mass is 10.0. The monoisotopic (exact) mass is 713 g/mol. The summed E-state index contributed by atoms with van der Waals surface area (Å²) in [6.45, 7) is 11.2. The highest BCUT2D eigenvalue weighted by Gasteiger charge is 2.15. The molecule has 51 heavy (non-hydrogen) atoms. The smallest absolute Gasteiger partial charge is 0.212 e. The summed E-state index contributed by atoms with van der Waals surface area (Å²) in [5.41, 5.74) is 17.1. The topological polar surface area (TPSA) is 102 Å². The van der Waals surface area contributed by atoms with Crippen molar-refractivity contribution in [2.45, 2.75) is 47.5 Å². The first-order chi connectivity index (χ1) is 24.5. The summed E-state index contributed by atoms with van der Waals surface area (Å²) < 4.78 is 0. The Hall–Kier alpha value is -5.25. The number of anilines is 1. The maximum absolute atomic E-state index is 12.6. The van der Waals surface area contributed by atoms with E-state index in [1.165, 1.54) is 39.4 Å². The lowest BCUT2D eigenvalue weighted by Crippen LogP contribution is -2.14. The minimum atomic E-state index is -0.0293. The van der Waals surface area contributed by atoms with Crippen molar-refractivity contribution in [2.24, 2.45) is 4.99 Å². The molecule has 0 saturated heterocycles. The van der Waals surface area contributed by atoms with Gasteiger partial charge in [-0.1, -0.05) is 72.8 Å². The van der Waals surface area contributed by atoms with E-state index < -0.39 is 0 Å². The summed E-state index contributed by atoms with van der Waals surface area (Å²) >= 11 is 3.06. The van der Waals surface area contributed by atoms with Crippen LogP contribution in [0.15, 0.2) is 101 Å². The lowest BCUT2D eigenvalue weighted by Gasteiger charge is -2.11. The van der Waals surface area contributed by atoms with Crippen molar-refractivity contribution in [1.29, 1.82) is 0 Å². The number of thiazole rings is 2. The Balaban J connectivity index is 0.000000201. The van der Waals surface area contributed by atoms with Crippen LogP contribution in [0.2, 0.25) is 0 Å². The summed E-state index contributed by atoms with van der Waals surface area (Å²) in [4.78, 5) is 40.7. The molecular formula is C42H43N5O2S2. The van der Waals surface area contributed by atoms with Gasteiger partial charge in [-0.05, 0) is 80.1 Å². The fraction of sp³-hybridized carbons (Fsp3) is 0.214. The largest absolute Gasteiger partial charge is 0.399 e. The number of ketones is 2. The molecule has 0 unspecified atom stereocenters. The van der Waals surface area contributed by atoms with Crippen LogP contribution >= 0.6 is 22.7 Å². The molecule has 0 saturated carbocycles. The number of aromatic nitrogens is 2. The van der Waals surface area contributed by atoms with E-state index in [1.807, 2.05) is 103 Å². The molecule has 4 aromatic carbocycles. The fourth-order valence-corrected chi connectivity index (χ4v) is 6.91. The number of nitrogens with zero attached hydrogens (tertiary/aromatic N) is 4. The highest BCUT2D eigenvalue weighted by molar-refractivity contribution is 7.10. The summed E-state index contributed by atoms with van der Waals surface area (Å²) in [6, 6.07) is 26.9.